The zero-order valence-corrected chi connectivity index (χ0v) is 13.2. The Balaban J connectivity index is 1.88. The van der Waals surface area contributed by atoms with Crippen molar-refractivity contribution >= 4 is 16.9 Å². The highest BCUT2D eigenvalue weighted by Gasteiger charge is 2.19. The molecule has 0 unspecified atom stereocenters. The number of hydrogen-bond donors (Lipinski definition) is 0. The number of carbonyl (C=O) groups excluding carboxylic acids is 1. The van der Waals surface area contributed by atoms with Gasteiger partial charge in [0.25, 0.3) is 0 Å². The van der Waals surface area contributed by atoms with Crippen molar-refractivity contribution in [2.45, 2.75) is 27.4 Å². The molecule has 0 aliphatic heterocycles. The van der Waals surface area contributed by atoms with Crippen LogP contribution in [0.15, 0.2) is 33.2 Å². The minimum atomic E-state index is -0.395. The third-order valence-corrected chi connectivity index (χ3v) is 3.38. The largest absolute Gasteiger partial charge is 0.487 e. The van der Waals surface area contributed by atoms with E-state index < -0.39 is 5.97 Å². The van der Waals surface area contributed by atoms with E-state index in [1.807, 2.05) is 13.0 Å². The molecule has 0 aliphatic carbocycles. The molecule has 0 radical (unpaired) electrons. The molecule has 3 aromatic rings. The van der Waals surface area contributed by atoms with Crippen LogP contribution in [0.5, 0.6) is 5.75 Å². The van der Waals surface area contributed by atoms with Crippen molar-refractivity contribution in [3.63, 3.8) is 0 Å². The van der Waals surface area contributed by atoms with Gasteiger partial charge in [0.2, 0.25) is 0 Å². The van der Waals surface area contributed by atoms with Crippen molar-refractivity contribution in [2.24, 2.45) is 0 Å². The predicted octanol–water partition coefficient (Wildman–Crippen LogP) is 3.79. The number of nitrogens with zero attached hydrogens (tertiary/aromatic N) is 1. The van der Waals surface area contributed by atoms with Gasteiger partial charge in [-0.15, -0.1) is 0 Å². The molecular weight excluding hydrogens is 298 g/mol. The predicted molar refractivity (Wildman–Crippen MR) is 82.5 cm³/mol. The first-order valence-corrected chi connectivity index (χ1v) is 7.33. The van der Waals surface area contributed by atoms with Gasteiger partial charge in [-0.05, 0) is 39.0 Å². The number of fused-ring (bicyclic) bond motifs is 1. The Morgan fingerprint density at radius 3 is 2.78 bits per heavy atom. The van der Waals surface area contributed by atoms with Crippen molar-refractivity contribution in [2.75, 3.05) is 6.61 Å². The molecule has 2 aromatic heterocycles. The lowest BCUT2D eigenvalue weighted by molar-refractivity contribution is 0.0526. The molecule has 0 N–H and O–H groups in total. The highest BCUT2D eigenvalue weighted by molar-refractivity contribution is 6.04. The van der Waals surface area contributed by atoms with Crippen LogP contribution in [-0.2, 0) is 11.3 Å². The van der Waals surface area contributed by atoms with E-state index in [1.165, 1.54) is 0 Å². The van der Waals surface area contributed by atoms with Crippen LogP contribution in [-0.4, -0.2) is 17.7 Å². The molecule has 0 amide bonds. The summed E-state index contributed by atoms with van der Waals surface area (Å²) < 4.78 is 21.4. The Bertz CT molecular complexity index is 846. The number of esters is 1. The van der Waals surface area contributed by atoms with Crippen molar-refractivity contribution < 1.29 is 23.2 Å². The first kappa shape index (κ1) is 15.1. The average molecular weight is 315 g/mol. The van der Waals surface area contributed by atoms with Gasteiger partial charge in [-0.2, -0.15) is 0 Å². The highest BCUT2D eigenvalue weighted by Crippen LogP contribution is 2.30. The third-order valence-electron chi connectivity index (χ3n) is 3.38. The molecule has 1 aromatic carbocycles. The SMILES string of the molecule is CCOC(=O)c1c(C)oc2ccc(OCc3cc(C)on3)cc12. The normalized spacial score (nSPS) is 10.9. The summed E-state index contributed by atoms with van der Waals surface area (Å²) in [5.74, 6) is 1.48. The van der Waals surface area contributed by atoms with Crippen LogP contribution < -0.4 is 4.74 Å². The average Bonchev–Trinajstić information content (AvgIpc) is 3.07. The molecule has 0 fully saturated rings. The summed E-state index contributed by atoms with van der Waals surface area (Å²) in [6.45, 7) is 5.93. The molecule has 6 nitrogen and oxygen atoms in total. The molecule has 120 valence electrons. The molecule has 0 spiro atoms. The number of benzene rings is 1. The van der Waals surface area contributed by atoms with E-state index in [-0.39, 0.29) is 6.61 Å². The van der Waals surface area contributed by atoms with Crippen LogP contribution in [0, 0.1) is 13.8 Å². The first-order valence-electron chi connectivity index (χ1n) is 7.33. The van der Waals surface area contributed by atoms with Crippen LogP contribution in [0.4, 0.5) is 0 Å². The van der Waals surface area contributed by atoms with Crippen LogP contribution in [0.1, 0.15) is 34.5 Å². The van der Waals surface area contributed by atoms with Gasteiger partial charge in [-0.1, -0.05) is 5.16 Å². The summed E-state index contributed by atoms with van der Waals surface area (Å²) in [5, 5.41) is 4.55. The summed E-state index contributed by atoms with van der Waals surface area (Å²) in [6.07, 6.45) is 0. The first-order chi connectivity index (χ1) is 11.1. The highest BCUT2D eigenvalue weighted by atomic mass is 16.5. The molecule has 3 rings (SSSR count). The maximum absolute atomic E-state index is 12.1. The van der Waals surface area contributed by atoms with Gasteiger partial charge >= 0.3 is 5.97 Å². The lowest BCUT2D eigenvalue weighted by Crippen LogP contribution is -2.05. The van der Waals surface area contributed by atoms with Crippen LogP contribution in [0.2, 0.25) is 0 Å². The molecule has 2 heterocycles. The maximum atomic E-state index is 12.1. The molecule has 6 heteroatoms. The minimum absolute atomic E-state index is 0.286. The lowest BCUT2D eigenvalue weighted by atomic mass is 10.1. The number of ether oxygens (including phenoxy) is 2. The Labute approximate surface area is 133 Å². The van der Waals surface area contributed by atoms with Crippen molar-refractivity contribution in [1.29, 1.82) is 0 Å². The molecule has 0 aliphatic rings. The number of rotatable bonds is 5. The Hall–Kier alpha value is -2.76. The molecular formula is C17H17NO5. The molecule has 0 atom stereocenters. The molecule has 23 heavy (non-hydrogen) atoms. The zero-order chi connectivity index (χ0) is 16.4. The van der Waals surface area contributed by atoms with Gasteiger partial charge in [0, 0.05) is 11.5 Å². The van der Waals surface area contributed by atoms with E-state index >= 15 is 0 Å². The van der Waals surface area contributed by atoms with Crippen LogP contribution in [0.3, 0.4) is 0 Å². The van der Waals surface area contributed by atoms with Gasteiger partial charge in [-0.25, -0.2) is 4.79 Å². The van der Waals surface area contributed by atoms with Gasteiger partial charge < -0.3 is 18.4 Å². The zero-order valence-electron chi connectivity index (χ0n) is 13.2. The van der Waals surface area contributed by atoms with E-state index in [2.05, 4.69) is 5.16 Å². The van der Waals surface area contributed by atoms with E-state index in [4.69, 9.17) is 18.4 Å². The topological polar surface area (TPSA) is 74.7 Å². The summed E-state index contributed by atoms with van der Waals surface area (Å²) in [4.78, 5) is 12.1. The van der Waals surface area contributed by atoms with Crippen molar-refractivity contribution in [1.82, 2.24) is 5.16 Å². The van der Waals surface area contributed by atoms with E-state index in [9.17, 15) is 4.79 Å². The summed E-state index contributed by atoms with van der Waals surface area (Å²) >= 11 is 0. The summed E-state index contributed by atoms with van der Waals surface area (Å²) in [5.41, 5.74) is 1.76. The summed E-state index contributed by atoms with van der Waals surface area (Å²) in [6, 6.07) is 7.14. The quantitative estimate of drug-likeness (QED) is 0.667. The Kier molecular flexibility index (Phi) is 4.06. The monoisotopic (exact) mass is 315 g/mol. The van der Waals surface area contributed by atoms with Crippen molar-refractivity contribution in [3.8, 4) is 5.75 Å². The number of aryl methyl sites for hydroxylation is 2. The third kappa shape index (κ3) is 3.06. The summed E-state index contributed by atoms with van der Waals surface area (Å²) in [7, 11) is 0. The van der Waals surface area contributed by atoms with E-state index in [0.29, 0.717) is 40.3 Å². The maximum Gasteiger partial charge on any atom is 0.342 e. The second-order valence-corrected chi connectivity index (χ2v) is 5.13. The standard InChI is InChI=1S/C17H17NO5/c1-4-20-17(19)16-11(3)22-15-6-5-13(8-14(15)16)21-9-12-7-10(2)23-18-12/h5-8H,4,9H2,1-3H3. The fourth-order valence-electron chi connectivity index (χ4n) is 2.39. The number of furan rings is 1. The number of carbonyl (C=O) groups is 1. The fourth-order valence-corrected chi connectivity index (χ4v) is 2.39. The lowest BCUT2D eigenvalue weighted by Gasteiger charge is -2.04. The number of hydrogen-bond acceptors (Lipinski definition) is 6. The van der Waals surface area contributed by atoms with E-state index in [1.54, 1.807) is 32.0 Å². The second kappa shape index (κ2) is 6.16. The second-order valence-electron chi connectivity index (χ2n) is 5.13. The fraction of sp³-hybridized carbons (Fsp3) is 0.294. The van der Waals surface area contributed by atoms with Crippen LogP contribution >= 0.6 is 0 Å². The Morgan fingerprint density at radius 1 is 1.26 bits per heavy atom. The smallest absolute Gasteiger partial charge is 0.342 e. The van der Waals surface area contributed by atoms with Gasteiger partial charge in [0.05, 0.1) is 6.61 Å². The number of aromatic nitrogens is 1. The Morgan fingerprint density at radius 2 is 2.09 bits per heavy atom. The molecule has 0 bridgehead atoms. The molecule has 0 saturated heterocycles. The van der Waals surface area contributed by atoms with E-state index in [0.717, 1.165) is 5.76 Å². The minimum Gasteiger partial charge on any atom is -0.487 e. The van der Waals surface area contributed by atoms with Gasteiger partial charge in [-0.3, -0.25) is 0 Å². The molecule has 0 saturated carbocycles. The van der Waals surface area contributed by atoms with Gasteiger partial charge in [0.1, 0.15) is 40.7 Å². The van der Waals surface area contributed by atoms with Gasteiger partial charge in [0.15, 0.2) is 0 Å². The van der Waals surface area contributed by atoms with Crippen molar-refractivity contribution in [3.05, 3.63) is 47.0 Å². The van der Waals surface area contributed by atoms with Crippen LogP contribution in [0.25, 0.3) is 11.0 Å².